The molecule has 0 radical (unpaired) electrons. The highest BCUT2D eigenvalue weighted by Crippen LogP contribution is 2.30. The zero-order chi connectivity index (χ0) is 15.1. The van der Waals surface area contributed by atoms with Crippen LogP contribution in [0.25, 0.3) is 11.0 Å². The van der Waals surface area contributed by atoms with Crippen LogP contribution in [0.1, 0.15) is 35.7 Å². The third kappa shape index (κ3) is 2.14. The van der Waals surface area contributed by atoms with E-state index in [9.17, 15) is 4.39 Å². The molecule has 1 unspecified atom stereocenters. The van der Waals surface area contributed by atoms with Crippen LogP contribution in [0.4, 0.5) is 4.39 Å². The molecule has 0 aliphatic rings. The maximum absolute atomic E-state index is 13.7. The van der Waals surface area contributed by atoms with Crippen LogP contribution in [-0.2, 0) is 6.54 Å². The number of aromatic nitrogens is 2. The summed E-state index contributed by atoms with van der Waals surface area (Å²) in [6, 6.07) is 6.21. The Bertz CT molecular complexity index is 803. The second-order valence-electron chi connectivity index (χ2n) is 5.18. The van der Waals surface area contributed by atoms with Gasteiger partial charge in [-0.1, -0.05) is 12.1 Å². The van der Waals surface area contributed by atoms with Crippen LogP contribution in [0, 0.1) is 19.7 Å². The summed E-state index contributed by atoms with van der Waals surface area (Å²) in [7, 11) is 0. The molecule has 0 bridgehead atoms. The molecular formula is C16H18FN3O. The Hall–Kier alpha value is -2.14. The number of nitrogens with two attached hydrogens (primary N) is 1. The summed E-state index contributed by atoms with van der Waals surface area (Å²) >= 11 is 0. The van der Waals surface area contributed by atoms with E-state index < -0.39 is 6.04 Å². The van der Waals surface area contributed by atoms with Crippen molar-refractivity contribution in [3.8, 4) is 0 Å². The first kappa shape index (κ1) is 13.8. The summed E-state index contributed by atoms with van der Waals surface area (Å²) in [6.45, 7) is 6.74. The van der Waals surface area contributed by atoms with E-state index in [1.807, 2.05) is 31.5 Å². The molecule has 110 valence electrons. The molecule has 3 rings (SSSR count). The van der Waals surface area contributed by atoms with Crippen LogP contribution in [0.2, 0.25) is 0 Å². The summed E-state index contributed by atoms with van der Waals surface area (Å²) in [5.74, 6) is 0.181. The summed E-state index contributed by atoms with van der Waals surface area (Å²) in [5.41, 5.74) is 9.42. The SMILES string of the molecule is CCn1nc(C)c(C(N)c2cc3cccc(F)c3o2)c1C. The number of fused-ring (bicyclic) bond motifs is 1. The second kappa shape index (κ2) is 5.00. The molecule has 0 saturated carbocycles. The normalized spacial score (nSPS) is 13.0. The number of hydrogen-bond donors (Lipinski definition) is 1. The van der Waals surface area contributed by atoms with Gasteiger partial charge in [-0.2, -0.15) is 5.10 Å². The third-order valence-electron chi connectivity index (χ3n) is 3.87. The summed E-state index contributed by atoms with van der Waals surface area (Å²) in [5, 5.41) is 5.19. The van der Waals surface area contributed by atoms with Gasteiger partial charge in [0.2, 0.25) is 0 Å². The minimum Gasteiger partial charge on any atom is -0.456 e. The Labute approximate surface area is 122 Å². The Morgan fingerprint density at radius 3 is 2.76 bits per heavy atom. The molecule has 1 atom stereocenters. The number of halogens is 1. The second-order valence-corrected chi connectivity index (χ2v) is 5.18. The molecule has 0 fully saturated rings. The van der Waals surface area contributed by atoms with Gasteiger partial charge < -0.3 is 10.2 Å². The predicted octanol–water partition coefficient (Wildman–Crippen LogP) is 3.45. The van der Waals surface area contributed by atoms with E-state index in [2.05, 4.69) is 5.10 Å². The minimum absolute atomic E-state index is 0.251. The monoisotopic (exact) mass is 287 g/mol. The van der Waals surface area contributed by atoms with Crippen molar-refractivity contribution in [1.29, 1.82) is 0 Å². The molecule has 5 heteroatoms. The van der Waals surface area contributed by atoms with E-state index in [0.29, 0.717) is 5.76 Å². The molecule has 0 aliphatic carbocycles. The summed E-state index contributed by atoms with van der Waals surface area (Å²) < 4.78 is 21.3. The van der Waals surface area contributed by atoms with Gasteiger partial charge >= 0.3 is 0 Å². The van der Waals surface area contributed by atoms with Crippen molar-refractivity contribution in [3.63, 3.8) is 0 Å². The molecule has 21 heavy (non-hydrogen) atoms. The number of furan rings is 1. The quantitative estimate of drug-likeness (QED) is 0.802. The van der Waals surface area contributed by atoms with Gasteiger partial charge in [0, 0.05) is 23.2 Å². The highest BCUT2D eigenvalue weighted by molar-refractivity contribution is 5.78. The van der Waals surface area contributed by atoms with Crippen molar-refractivity contribution in [2.75, 3.05) is 0 Å². The molecule has 1 aromatic carbocycles. The minimum atomic E-state index is -0.447. The predicted molar refractivity (Wildman–Crippen MR) is 79.6 cm³/mol. The number of hydrogen-bond acceptors (Lipinski definition) is 3. The van der Waals surface area contributed by atoms with Crippen molar-refractivity contribution in [2.45, 2.75) is 33.4 Å². The molecule has 3 aromatic rings. The van der Waals surface area contributed by atoms with Crippen molar-refractivity contribution < 1.29 is 8.81 Å². The molecule has 4 nitrogen and oxygen atoms in total. The number of rotatable bonds is 3. The largest absolute Gasteiger partial charge is 0.456 e. The zero-order valence-electron chi connectivity index (χ0n) is 12.4. The van der Waals surface area contributed by atoms with E-state index in [1.54, 1.807) is 12.1 Å². The van der Waals surface area contributed by atoms with E-state index in [-0.39, 0.29) is 11.4 Å². The molecule has 0 spiro atoms. The van der Waals surface area contributed by atoms with Crippen LogP contribution in [0.15, 0.2) is 28.7 Å². The van der Waals surface area contributed by atoms with Gasteiger partial charge in [0.05, 0.1) is 11.7 Å². The Balaban J connectivity index is 2.10. The standard InChI is InChI=1S/C16H18FN3O/c1-4-20-10(3)14(9(2)19-20)15(18)13-8-11-6-5-7-12(17)16(11)21-13/h5-8,15H,4,18H2,1-3H3. The van der Waals surface area contributed by atoms with Crippen molar-refractivity contribution >= 4 is 11.0 Å². The smallest absolute Gasteiger partial charge is 0.169 e. The lowest BCUT2D eigenvalue weighted by Gasteiger charge is -2.09. The average molecular weight is 287 g/mol. The molecule has 0 amide bonds. The summed E-state index contributed by atoms with van der Waals surface area (Å²) in [6.07, 6.45) is 0. The Kier molecular flexibility index (Phi) is 3.29. The molecule has 2 aromatic heterocycles. The van der Waals surface area contributed by atoms with Crippen molar-refractivity contribution in [1.82, 2.24) is 9.78 Å². The third-order valence-corrected chi connectivity index (χ3v) is 3.87. The van der Waals surface area contributed by atoms with Crippen LogP contribution in [0.5, 0.6) is 0 Å². The fraction of sp³-hybridized carbons (Fsp3) is 0.312. The number of aryl methyl sites for hydroxylation is 2. The first-order valence-electron chi connectivity index (χ1n) is 7.00. The molecule has 0 aliphatic heterocycles. The topological polar surface area (TPSA) is 57.0 Å². The lowest BCUT2D eigenvalue weighted by molar-refractivity contribution is 0.500. The van der Waals surface area contributed by atoms with Gasteiger partial charge in [0.1, 0.15) is 5.76 Å². The average Bonchev–Trinajstić information content (AvgIpc) is 3.01. The number of benzene rings is 1. The molecule has 2 heterocycles. The first-order valence-corrected chi connectivity index (χ1v) is 7.00. The van der Waals surface area contributed by atoms with Crippen molar-refractivity contribution in [2.24, 2.45) is 5.73 Å². The van der Waals surface area contributed by atoms with Gasteiger partial charge in [0.25, 0.3) is 0 Å². The van der Waals surface area contributed by atoms with Gasteiger partial charge in [-0.05, 0) is 32.9 Å². The maximum atomic E-state index is 13.7. The van der Waals surface area contributed by atoms with Crippen LogP contribution < -0.4 is 5.73 Å². The fourth-order valence-corrected chi connectivity index (χ4v) is 2.81. The van der Waals surface area contributed by atoms with Crippen LogP contribution >= 0.6 is 0 Å². The highest BCUT2D eigenvalue weighted by atomic mass is 19.1. The molecule has 0 saturated heterocycles. The van der Waals surface area contributed by atoms with E-state index in [0.717, 1.165) is 28.9 Å². The van der Waals surface area contributed by atoms with E-state index in [4.69, 9.17) is 10.2 Å². The first-order chi connectivity index (χ1) is 10.0. The summed E-state index contributed by atoms with van der Waals surface area (Å²) in [4.78, 5) is 0. The van der Waals surface area contributed by atoms with Crippen LogP contribution in [0.3, 0.4) is 0 Å². The highest BCUT2D eigenvalue weighted by Gasteiger charge is 2.22. The maximum Gasteiger partial charge on any atom is 0.169 e. The van der Waals surface area contributed by atoms with Gasteiger partial charge in [0.15, 0.2) is 11.4 Å². The van der Waals surface area contributed by atoms with E-state index >= 15 is 0 Å². The van der Waals surface area contributed by atoms with Crippen molar-refractivity contribution in [3.05, 3.63) is 52.8 Å². The lowest BCUT2D eigenvalue weighted by atomic mass is 10.0. The number of nitrogens with zero attached hydrogens (tertiary/aromatic N) is 2. The van der Waals surface area contributed by atoms with E-state index in [1.165, 1.54) is 6.07 Å². The van der Waals surface area contributed by atoms with Gasteiger partial charge in [-0.25, -0.2) is 4.39 Å². The molecular weight excluding hydrogens is 269 g/mol. The van der Waals surface area contributed by atoms with Gasteiger partial charge in [-0.3, -0.25) is 4.68 Å². The fourth-order valence-electron chi connectivity index (χ4n) is 2.81. The molecule has 2 N–H and O–H groups in total. The lowest BCUT2D eigenvalue weighted by Crippen LogP contribution is -2.13. The Morgan fingerprint density at radius 2 is 2.14 bits per heavy atom. The Morgan fingerprint density at radius 1 is 1.38 bits per heavy atom. The number of para-hydroxylation sites is 1. The van der Waals surface area contributed by atoms with Crippen LogP contribution in [-0.4, -0.2) is 9.78 Å². The van der Waals surface area contributed by atoms with Gasteiger partial charge in [-0.15, -0.1) is 0 Å². The zero-order valence-corrected chi connectivity index (χ0v) is 12.4.